The van der Waals surface area contributed by atoms with E-state index >= 15 is 0 Å². The summed E-state index contributed by atoms with van der Waals surface area (Å²) >= 11 is 0. The van der Waals surface area contributed by atoms with Gasteiger partial charge in [-0.05, 0) is 25.7 Å². The predicted octanol–water partition coefficient (Wildman–Crippen LogP) is 0.502. The topological polar surface area (TPSA) is 52.6 Å². The predicted molar refractivity (Wildman–Crippen MR) is 62.1 cm³/mol. The second-order valence-electron chi connectivity index (χ2n) is 4.97. The maximum atomic E-state index is 11.8. The molecule has 2 saturated carbocycles. The lowest BCUT2D eigenvalue weighted by atomic mass is 10.2. The number of hydrogen-bond donors (Lipinski definition) is 2. The number of carbonyl (C=O) groups excluding carboxylic acids is 1. The van der Waals surface area contributed by atoms with E-state index in [-0.39, 0.29) is 12.5 Å². The molecule has 0 unspecified atom stereocenters. The van der Waals surface area contributed by atoms with Crippen molar-refractivity contribution in [3.05, 3.63) is 0 Å². The molecule has 0 saturated heterocycles. The summed E-state index contributed by atoms with van der Waals surface area (Å²) in [5, 5.41) is 12.0. The van der Waals surface area contributed by atoms with Crippen LogP contribution in [0.2, 0.25) is 0 Å². The number of nitrogens with one attached hydrogen (secondary N) is 1. The molecule has 0 aromatic rings. The van der Waals surface area contributed by atoms with Gasteiger partial charge in [-0.15, -0.1) is 0 Å². The minimum Gasteiger partial charge on any atom is -0.395 e. The Balaban J connectivity index is 1.71. The van der Waals surface area contributed by atoms with E-state index in [0.29, 0.717) is 25.2 Å². The number of rotatable bonds is 6. The van der Waals surface area contributed by atoms with Crippen molar-refractivity contribution >= 4 is 5.91 Å². The Hall–Kier alpha value is -0.610. The number of nitrogens with zero attached hydrogens (tertiary/aromatic N) is 1. The highest BCUT2D eigenvalue weighted by molar-refractivity contribution is 5.78. The molecule has 2 fully saturated rings. The van der Waals surface area contributed by atoms with E-state index in [1.165, 1.54) is 25.7 Å². The van der Waals surface area contributed by atoms with E-state index in [2.05, 4.69) is 10.2 Å². The third-order valence-electron chi connectivity index (χ3n) is 3.52. The van der Waals surface area contributed by atoms with Gasteiger partial charge in [-0.1, -0.05) is 12.8 Å². The minimum atomic E-state index is 0.132. The Morgan fingerprint density at radius 3 is 2.50 bits per heavy atom. The summed E-state index contributed by atoms with van der Waals surface area (Å²) < 4.78 is 0. The summed E-state index contributed by atoms with van der Waals surface area (Å²) in [5.74, 6) is 0.132. The van der Waals surface area contributed by atoms with Crippen molar-refractivity contribution in [3.63, 3.8) is 0 Å². The first-order chi connectivity index (χ1) is 7.79. The van der Waals surface area contributed by atoms with Gasteiger partial charge >= 0.3 is 0 Å². The largest absolute Gasteiger partial charge is 0.395 e. The SMILES string of the molecule is O=C(CN(CCO)C1CC1)NC1CCCC1. The zero-order valence-corrected chi connectivity index (χ0v) is 9.82. The Labute approximate surface area is 97.0 Å². The number of carbonyl (C=O) groups is 1. The third kappa shape index (κ3) is 3.46. The average molecular weight is 226 g/mol. The van der Waals surface area contributed by atoms with Gasteiger partial charge < -0.3 is 10.4 Å². The van der Waals surface area contributed by atoms with Crippen molar-refractivity contribution in [3.8, 4) is 0 Å². The van der Waals surface area contributed by atoms with E-state index in [1.54, 1.807) is 0 Å². The van der Waals surface area contributed by atoms with Crippen LogP contribution in [0, 0.1) is 0 Å². The Kier molecular flexibility index (Phi) is 4.18. The second-order valence-corrected chi connectivity index (χ2v) is 4.97. The average Bonchev–Trinajstić information content (AvgIpc) is 2.98. The van der Waals surface area contributed by atoms with E-state index in [4.69, 9.17) is 5.11 Å². The molecule has 0 radical (unpaired) electrons. The molecule has 4 heteroatoms. The molecule has 0 heterocycles. The molecule has 2 aliphatic carbocycles. The van der Waals surface area contributed by atoms with Crippen molar-refractivity contribution in [1.29, 1.82) is 0 Å². The Morgan fingerprint density at radius 2 is 1.94 bits per heavy atom. The summed E-state index contributed by atoms with van der Waals surface area (Å²) in [5.41, 5.74) is 0. The monoisotopic (exact) mass is 226 g/mol. The van der Waals surface area contributed by atoms with Crippen LogP contribution in [0.3, 0.4) is 0 Å². The number of amides is 1. The van der Waals surface area contributed by atoms with E-state index < -0.39 is 0 Å². The smallest absolute Gasteiger partial charge is 0.234 e. The molecule has 0 aliphatic heterocycles. The van der Waals surface area contributed by atoms with Gasteiger partial charge in [-0.3, -0.25) is 9.69 Å². The number of hydrogen-bond acceptors (Lipinski definition) is 3. The molecular weight excluding hydrogens is 204 g/mol. The summed E-state index contributed by atoms with van der Waals surface area (Å²) in [6, 6.07) is 0.948. The highest BCUT2D eigenvalue weighted by atomic mass is 16.3. The molecule has 1 amide bonds. The molecule has 92 valence electrons. The van der Waals surface area contributed by atoms with Crippen LogP contribution >= 0.6 is 0 Å². The van der Waals surface area contributed by atoms with Crippen LogP contribution in [-0.2, 0) is 4.79 Å². The molecule has 0 atom stereocenters. The summed E-state index contributed by atoms with van der Waals surface area (Å²) in [6.45, 7) is 1.23. The van der Waals surface area contributed by atoms with Crippen LogP contribution in [0.15, 0.2) is 0 Å². The van der Waals surface area contributed by atoms with Crippen LogP contribution in [0.5, 0.6) is 0 Å². The fourth-order valence-electron chi connectivity index (χ4n) is 2.49. The normalized spacial score (nSPS) is 21.6. The van der Waals surface area contributed by atoms with Crippen molar-refractivity contribution in [2.45, 2.75) is 50.6 Å². The maximum Gasteiger partial charge on any atom is 0.234 e. The molecular formula is C12H22N2O2. The van der Waals surface area contributed by atoms with Gasteiger partial charge in [0.2, 0.25) is 5.91 Å². The van der Waals surface area contributed by atoms with E-state index in [0.717, 1.165) is 12.8 Å². The molecule has 4 nitrogen and oxygen atoms in total. The van der Waals surface area contributed by atoms with Gasteiger partial charge in [0, 0.05) is 18.6 Å². The quantitative estimate of drug-likeness (QED) is 0.693. The first-order valence-corrected chi connectivity index (χ1v) is 6.44. The molecule has 2 rings (SSSR count). The fraction of sp³-hybridized carbons (Fsp3) is 0.917. The van der Waals surface area contributed by atoms with Crippen LogP contribution < -0.4 is 5.32 Å². The lowest BCUT2D eigenvalue weighted by Crippen LogP contribution is -2.42. The lowest BCUT2D eigenvalue weighted by Gasteiger charge is -2.21. The molecule has 2 aliphatic rings. The molecule has 0 aromatic carbocycles. The first-order valence-electron chi connectivity index (χ1n) is 6.44. The highest BCUT2D eigenvalue weighted by Crippen LogP contribution is 2.26. The molecule has 0 spiro atoms. The van der Waals surface area contributed by atoms with E-state index in [9.17, 15) is 4.79 Å². The summed E-state index contributed by atoms with van der Waals surface area (Å²) in [7, 11) is 0. The lowest BCUT2D eigenvalue weighted by molar-refractivity contribution is -0.123. The Morgan fingerprint density at radius 1 is 1.25 bits per heavy atom. The molecule has 16 heavy (non-hydrogen) atoms. The Bertz CT molecular complexity index is 235. The molecule has 2 N–H and O–H groups in total. The van der Waals surface area contributed by atoms with Gasteiger partial charge in [0.05, 0.1) is 13.2 Å². The molecule has 0 bridgehead atoms. The van der Waals surface area contributed by atoms with Crippen LogP contribution in [0.4, 0.5) is 0 Å². The summed E-state index contributed by atoms with van der Waals surface area (Å²) in [6.07, 6.45) is 7.11. The van der Waals surface area contributed by atoms with Gasteiger partial charge in [0.15, 0.2) is 0 Å². The van der Waals surface area contributed by atoms with Crippen LogP contribution in [0.25, 0.3) is 0 Å². The number of aliphatic hydroxyl groups is 1. The van der Waals surface area contributed by atoms with Gasteiger partial charge in [0.1, 0.15) is 0 Å². The van der Waals surface area contributed by atoms with Gasteiger partial charge in [-0.2, -0.15) is 0 Å². The van der Waals surface area contributed by atoms with Gasteiger partial charge in [-0.25, -0.2) is 0 Å². The molecule has 0 aromatic heterocycles. The zero-order chi connectivity index (χ0) is 11.4. The van der Waals surface area contributed by atoms with Crippen molar-refractivity contribution in [1.82, 2.24) is 10.2 Å². The fourth-order valence-corrected chi connectivity index (χ4v) is 2.49. The standard InChI is InChI=1S/C12H22N2O2/c15-8-7-14(11-5-6-11)9-12(16)13-10-3-1-2-4-10/h10-11,15H,1-9H2,(H,13,16). The van der Waals surface area contributed by atoms with E-state index in [1.807, 2.05) is 0 Å². The highest BCUT2D eigenvalue weighted by Gasteiger charge is 2.30. The maximum absolute atomic E-state index is 11.8. The number of aliphatic hydroxyl groups excluding tert-OH is 1. The summed E-state index contributed by atoms with van der Waals surface area (Å²) in [4.78, 5) is 13.9. The van der Waals surface area contributed by atoms with Crippen LogP contribution in [0.1, 0.15) is 38.5 Å². The van der Waals surface area contributed by atoms with Crippen LogP contribution in [-0.4, -0.2) is 47.7 Å². The van der Waals surface area contributed by atoms with Crippen molar-refractivity contribution in [2.24, 2.45) is 0 Å². The van der Waals surface area contributed by atoms with Crippen molar-refractivity contribution < 1.29 is 9.90 Å². The van der Waals surface area contributed by atoms with Gasteiger partial charge in [0.25, 0.3) is 0 Å². The first kappa shape index (κ1) is 11.9. The van der Waals surface area contributed by atoms with Crippen molar-refractivity contribution in [2.75, 3.05) is 19.7 Å². The second kappa shape index (κ2) is 5.64. The minimum absolute atomic E-state index is 0.132. The zero-order valence-electron chi connectivity index (χ0n) is 9.82. The third-order valence-corrected chi connectivity index (χ3v) is 3.52.